The lowest BCUT2D eigenvalue weighted by atomic mass is 10.2. The van der Waals surface area contributed by atoms with Gasteiger partial charge in [-0.05, 0) is 40.5 Å². The molecule has 24 heavy (non-hydrogen) atoms. The lowest BCUT2D eigenvalue weighted by Crippen LogP contribution is -2.24. The molecule has 0 saturated carbocycles. The van der Waals surface area contributed by atoms with E-state index in [4.69, 9.17) is 4.74 Å². The topological polar surface area (TPSA) is 93.8 Å². The van der Waals surface area contributed by atoms with Gasteiger partial charge in [0.2, 0.25) is 0 Å². The summed E-state index contributed by atoms with van der Waals surface area (Å²) >= 11 is 3.36. The molecule has 1 amide bonds. The quantitative estimate of drug-likeness (QED) is 0.464. The van der Waals surface area contributed by atoms with E-state index in [1.807, 2.05) is 19.1 Å². The molecule has 1 N–H and O–H groups in total. The maximum atomic E-state index is 11.7. The smallest absolute Gasteiger partial charge is 0.277 e. The highest BCUT2D eigenvalue weighted by Gasteiger charge is 2.06. The molecule has 2 aromatic carbocycles. The average molecular weight is 392 g/mol. The second kappa shape index (κ2) is 8.21. The zero-order valence-electron chi connectivity index (χ0n) is 12.7. The standard InChI is InChI=1S/C16H14BrN3O4/c1-11-5-6-15(14(17)7-11)24-10-16(21)19-18-9-12-3-2-4-13(8-12)20(22)23/h2-9H,10H2,1H3,(H,19,21)/b18-9+. The number of non-ortho nitro benzene ring substituents is 1. The maximum Gasteiger partial charge on any atom is 0.277 e. The van der Waals surface area contributed by atoms with Crippen molar-refractivity contribution in [2.75, 3.05) is 6.61 Å². The fourth-order valence-electron chi connectivity index (χ4n) is 1.80. The number of hydrogen-bond donors (Lipinski definition) is 1. The summed E-state index contributed by atoms with van der Waals surface area (Å²) in [6, 6.07) is 11.4. The largest absolute Gasteiger partial charge is 0.483 e. The number of ether oxygens (including phenoxy) is 1. The lowest BCUT2D eigenvalue weighted by molar-refractivity contribution is -0.384. The molecule has 0 heterocycles. The van der Waals surface area contributed by atoms with E-state index in [-0.39, 0.29) is 12.3 Å². The summed E-state index contributed by atoms with van der Waals surface area (Å²) in [4.78, 5) is 21.9. The first-order chi connectivity index (χ1) is 11.5. The molecule has 0 aromatic heterocycles. The predicted molar refractivity (Wildman–Crippen MR) is 93.2 cm³/mol. The molecule has 0 aliphatic heterocycles. The number of amides is 1. The van der Waals surface area contributed by atoms with Crippen LogP contribution in [-0.4, -0.2) is 23.7 Å². The first kappa shape index (κ1) is 17.6. The minimum absolute atomic E-state index is 0.0437. The molecule has 0 saturated heterocycles. The molecule has 0 unspecified atom stereocenters. The van der Waals surface area contributed by atoms with Crippen LogP contribution in [0.1, 0.15) is 11.1 Å². The summed E-state index contributed by atoms with van der Waals surface area (Å²) in [6.45, 7) is 1.75. The van der Waals surface area contributed by atoms with Gasteiger partial charge >= 0.3 is 0 Å². The van der Waals surface area contributed by atoms with Gasteiger partial charge in [-0.2, -0.15) is 5.10 Å². The molecular formula is C16H14BrN3O4. The first-order valence-corrected chi connectivity index (χ1v) is 7.70. The number of hydrogen-bond acceptors (Lipinski definition) is 5. The maximum absolute atomic E-state index is 11.7. The molecular weight excluding hydrogens is 378 g/mol. The highest BCUT2D eigenvalue weighted by Crippen LogP contribution is 2.25. The van der Waals surface area contributed by atoms with E-state index >= 15 is 0 Å². The van der Waals surface area contributed by atoms with E-state index in [1.54, 1.807) is 18.2 Å². The van der Waals surface area contributed by atoms with E-state index in [0.29, 0.717) is 11.3 Å². The second-order valence-electron chi connectivity index (χ2n) is 4.87. The summed E-state index contributed by atoms with van der Waals surface area (Å²) in [5, 5.41) is 14.4. The van der Waals surface area contributed by atoms with Gasteiger partial charge in [-0.25, -0.2) is 5.43 Å². The molecule has 8 heteroatoms. The van der Waals surface area contributed by atoms with Crippen LogP contribution in [0.3, 0.4) is 0 Å². The van der Waals surface area contributed by atoms with Crippen molar-refractivity contribution >= 4 is 33.7 Å². The Morgan fingerprint density at radius 2 is 2.17 bits per heavy atom. The monoisotopic (exact) mass is 391 g/mol. The van der Waals surface area contributed by atoms with E-state index in [1.165, 1.54) is 18.3 Å². The van der Waals surface area contributed by atoms with Gasteiger partial charge in [-0.3, -0.25) is 14.9 Å². The van der Waals surface area contributed by atoms with Gasteiger partial charge in [-0.1, -0.05) is 18.2 Å². The fourth-order valence-corrected chi connectivity index (χ4v) is 2.40. The van der Waals surface area contributed by atoms with E-state index in [9.17, 15) is 14.9 Å². The third-order valence-electron chi connectivity index (χ3n) is 2.93. The molecule has 2 rings (SSSR count). The number of rotatable bonds is 6. The van der Waals surface area contributed by atoms with Crippen LogP contribution in [-0.2, 0) is 4.79 Å². The van der Waals surface area contributed by atoms with Crippen LogP contribution in [0.5, 0.6) is 5.75 Å². The number of aryl methyl sites for hydroxylation is 1. The Labute approximate surface area is 146 Å². The molecule has 0 radical (unpaired) electrons. The Kier molecular flexibility index (Phi) is 6.02. The molecule has 0 fully saturated rings. The number of nitro benzene ring substituents is 1. The number of halogens is 1. The molecule has 0 bridgehead atoms. The summed E-state index contributed by atoms with van der Waals surface area (Å²) in [7, 11) is 0. The Morgan fingerprint density at radius 1 is 1.38 bits per heavy atom. The van der Waals surface area contributed by atoms with Gasteiger partial charge in [0.1, 0.15) is 5.75 Å². The minimum Gasteiger partial charge on any atom is -0.483 e. The highest BCUT2D eigenvalue weighted by atomic mass is 79.9. The van der Waals surface area contributed by atoms with Crippen molar-refractivity contribution in [3.8, 4) is 5.75 Å². The summed E-state index contributed by atoms with van der Waals surface area (Å²) in [5.74, 6) is 0.113. The van der Waals surface area contributed by atoms with Crippen LogP contribution < -0.4 is 10.2 Å². The zero-order chi connectivity index (χ0) is 17.5. The number of carbonyl (C=O) groups excluding carboxylic acids is 1. The van der Waals surface area contributed by atoms with Crippen molar-refractivity contribution < 1.29 is 14.5 Å². The SMILES string of the molecule is Cc1ccc(OCC(=O)N/N=C/c2cccc([N+](=O)[O-])c2)c(Br)c1. The van der Waals surface area contributed by atoms with Crippen molar-refractivity contribution in [3.63, 3.8) is 0 Å². The van der Waals surface area contributed by atoms with E-state index < -0.39 is 10.8 Å². The molecule has 7 nitrogen and oxygen atoms in total. The van der Waals surface area contributed by atoms with Gasteiger partial charge < -0.3 is 4.74 Å². The summed E-state index contributed by atoms with van der Waals surface area (Å²) in [6.07, 6.45) is 1.33. The van der Waals surface area contributed by atoms with Crippen LogP contribution in [0.2, 0.25) is 0 Å². The van der Waals surface area contributed by atoms with Crippen LogP contribution >= 0.6 is 15.9 Å². The molecule has 0 spiro atoms. The van der Waals surface area contributed by atoms with Crippen LogP contribution in [0, 0.1) is 17.0 Å². The average Bonchev–Trinajstić information content (AvgIpc) is 2.54. The third-order valence-corrected chi connectivity index (χ3v) is 3.55. The van der Waals surface area contributed by atoms with E-state index in [2.05, 4.69) is 26.5 Å². The van der Waals surface area contributed by atoms with Crippen molar-refractivity contribution in [1.82, 2.24) is 5.43 Å². The Morgan fingerprint density at radius 3 is 2.88 bits per heavy atom. The lowest BCUT2D eigenvalue weighted by Gasteiger charge is -2.07. The van der Waals surface area contributed by atoms with Gasteiger partial charge in [0.25, 0.3) is 11.6 Å². The Hall–Kier alpha value is -2.74. The van der Waals surface area contributed by atoms with Crippen molar-refractivity contribution in [2.45, 2.75) is 6.92 Å². The second-order valence-corrected chi connectivity index (χ2v) is 5.72. The minimum atomic E-state index is -0.497. The van der Waals surface area contributed by atoms with Gasteiger partial charge in [-0.15, -0.1) is 0 Å². The number of benzene rings is 2. The van der Waals surface area contributed by atoms with E-state index in [0.717, 1.165) is 10.0 Å². The van der Waals surface area contributed by atoms with Crippen molar-refractivity contribution in [3.05, 3.63) is 68.2 Å². The predicted octanol–water partition coefficient (Wildman–Crippen LogP) is 3.19. The number of nitro groups is 1. The summed E-state index contributed by atoms with van der Waals surface area (Å²) in [5.41, 5.74) is 3.83. The number of carbonyl (C=O) groups is 1. The van der Waals surface area contributed by atoms with Gasteiger partial charge in [0.05, 0.1) is 15.6 Å². The van der Waals surface area contributed by atoms with Crippen molar-refractivity contribution in [1.29, 1.82) is 0 Å². The van der Waals surface area contributed by atoms with Crippen molar-refractivity contribution in [2.24, 2.45) is 5.10 Å². The Balaban J connectivity index is 1.86. The van der Waals surface area contributed by atoms with Crippen LogP contribution in [0.15, 0.2) is 52.0 Å². The number of nitrogens with one attached hydrogen (secondary N) is 1. The highest BCUT2D eigenvalue weighted by molar-refractivity contribution is 9.10. The zero-order valence-corrected chi connectivity index (χ0v) is 14.3. The number of nitrogens with zero attached hydrogens (tertiary/aromatic N) is 2. The number of hydrazone groups is 1. The molecule has 124 valence electrons. The van der Waals surface area contributed by atoms with Crippen LogP contribution in [0.4, 0.5) is 5.69 Å². The fraction of sp³-hybridized carbons (Fsp3) is 0.125. The Bertz CT molecular complexity index is 793. The molecule has 2 aromatic rings. The molecule has 0 atom stereocenters. The molecule has 0 aliphatic carbocycles. The normalized spacial score (nSPS) is 10.6. The first-order valence-electron chi connectivity index (χ1n) is 6.91. The summed E-state index contributed by atoms with van der Waals surface area (Å²) < 4.78 is 6.14. The van der Waals surface area contributed by atoms with Crippen LogP contribution in [0.25, 0.3) is 0 Å². The third kappa shape index (κ3) is 5.17. The molecule has 0 aliphatic rings. The van der Waals surface area contributed by atoms with Gasteiger partial charge in [0, 0.05) is 17.7 Å². The van der Waals surface area contributed by atoms with Gasteiger partial charge in [0.15, 0.2) is 6.61 Å².